The molecule has 30 heavy (non-hydrogen) atoms. The molecule has 0 unspecified atom stereocenters. The first kappa shape index (κ1) is 18.0. The van der Waals surface area contributed by atoms with Crippen molar-refractivity contribution in [2.75, 3.05) is 29.9 Å². The van der Waals surface area contributed by atoms with Gasteiger partial charge in [-0.2, -0.15) is 5.10 Å². The number of piperazine rings is 1. The summed E-state index contributed by atoms with van der Waals surface area (Å²) in [6.45, 7) is 4.76. The van der Waals surface area contributed by atoms with Gasteiger partial charge in [-0.25, -0.2) is 9.37 Å². The van der Waals surface area contributed by atoms with Crippen LogP contribution in [0.5, 0.6) is 0 Å². The lowest BCUT2D eigenvalue weighted by Crippen LogP contribution is -2.52. The minimum absolute atomic E-state index is 0.286. The lowest BCUT2D eigenvalue weighted by molar-refractivity contribution is 0.442. The molecule has 0 bridgehead atoms. The molecule has 0 radical (unpaired) electrons. The highest BCUT2D eigenvalue weighted by atomic mass is 35.5. The van der Waals surface area contributed by atoms with Gasteiger partial charge >= 0.3 is 0 Å². The number of aryl methyl sites for hydroxylation is 1. The Bertz CT molecular complexity index is 1290. The number of anilines is 3. The first-order valence-corrected chi connectivity index (χ1v) is 10.5. The van der Waals surface area contributed by atoms with Crippen molar-refractivity contribution in [2.45, 2.75) is 25.3 Å². The molecule has 2 fully saturated rings. The maximum Gasteiger partial charge on any atom is 0.173 e. The zero-order valence-corrected chi connectivity index (χ0v) is 17.2. The number of rotatable bonds is 3. The van der Waals surface area contributed by atoms with E-state index in [0.29, 0.717) is 22.2 Å². The molecule has 1 aliphatic carbocycles. The van der Waals surface area contributed by atoms with Crippen LogP contribution in [0, 0.1) is 12.7 Å². The van der Waals surface area contributed by atoms with E-state index < -0.39 is 5.82 Å². The molecule has 6 rings (SSSR count). The third-order valence-corrected chi connectivity index (χ3v) is 6.38. The van der Waals surface area contributed by atoms with Gasteiger partial charge in [0.2, 0.25) is 0 Å². The van der Waals surface area contributed by atoms with Gasteiger partial charge in [0, 0.05) is 49.3 Å². The second-order valence-electron chi connectivity index (χ2n) is 8.37. The number of pyridine rings is 1. The Kier molecular flexibility index (Phi) is 3.79. The first-order chi connectivity index (χ1) is 14.5. The number of aromatic nitrogens is 4. The molecule has 0 atom stereocenters. The molecule has 1 saturated carbocycles. The van der Waals surface area contributed by atoms with Crippen LogP contribution in [0.3, 0.4) is 0 Å². The summed E-state index contributed by atoms with van der Waals surface area (Å²) >= 11 is 6.68. The summed E-state index contributed by atoms with van der Waals surface area (Å²) in [4.78, 5) is 6.57. The highest BCUT2D eigenvalue weighted by Crippen LogP contribution is 2.40. The van der Waals surface area contributed by atoms with E-state index in [-0.39, 0.29) is 5.54 Å². The van der Waals surface area contributed by atoms with Crippen molar-refractivity contribution in [1.82, 2.24) is 24.9 Å². The van der Waals surface area contributed by atoms with Crippen LogP contribution in [0.25, 0.3) is 16.6 Å². The summed E-state index contributed by atoms with van der Waals surface area (Å²) in [5.41, 5.74) is 3.86. The van der Waals surface area contributed by atoms with E-state index in [1.807, 2.05) is 13.0 Å². The lowest BCUT2D eigenvalue weighted by Gasteiger charge is -2.35. The number of hydrogen-bond donors (Lipinski definition) is 3. The van der Waals surface area contributed by atoms with Gasteiger partial charge in [0.25, 0.3) is 0 Å². The quantitative estimate of drug-likeness (QED) is 0.462. The summed E-state index contributed by atoms with van der Waals surface area (Å²) in [6, 6.07) is 5.50. The zero-order valence-electron chi connectivity index (χ0n) is 16.5. The van der Waals surface area contributed by atoms with Crippen LogP contribution in [-0.4, -0.2) is 44.8 Å². The standard InChI is InChI=1S/C21H21ClFN7/c1-12-9-30-10-13(6-16(23)20(30)25-12)26-19-18-15(22)7-14(8-17(18)27-28-19)29-5-4-24-21(11-29)2-3-21/h6-10,24H,2-5,11H2,1H3,(H2,26,27,28). The molecule has 3 aromatic heterocycles. The minimum atomic E-state index is -0.394. The van der Waals surface area contributed by atoms with Crippen LogP contribution in [-0.2, 0) is 0 Å². The van der Waals surface area contributed by atoms with Gasteiger partial charge in [-0.05, 0) is 31.9 Å². The average molecular weight is 426 g/mol. The predicted molar refractivity (Wildman–Crippen MR) is 116 cm³/mol. The predicted octanol–water partition coefficient (Wildman–Crippen LogP) is 4.00. The summed E-state index contributed by atoms with van der Waals surface area (Å²) in [5.74, 6) is 0.171. The van der Waals surface area contributed by atoms with Crippen molar-refractivity contribution in [1.29, 1.82) is 0 Å². The molecule has 9 heteroatoms. The zero-order chi connectivity index (χ0) is 20.5. The molecule has 4 heterocycles. The average Bonchev–Trinajstić information content (AvgIpc) is 3.14. The van der Waals surface area contributed by atoms with Crippen molar-refractivity contribution in [3.63, 3.8) is 0 Å². The topological polar surface area (TPSA) is 73.3 Å². The Morgan fingerprint density at radius 3 is 2.93 bits per heavy atom. The second kappa shape index (κ2) is 6.33. The Labute approximate surface area is 177 Å². The molecule has 4 aromatic rings. The smallest absolute Gasteiger partial charge is 0.173 e. The van der Waals surface area contributed by atoms with Gasteiger partial charge in [0.15, 0.2) is 17.3 Å². The number of fused-ring (bicyclic) bond motifs is 2. The number of benzene rings is 1. The van der Waals surface area contributed by atoms with Crippen molar-refractivity contribution >= 4 is 45.3 Å². The minimum Gasteiger partial charge on any atom is -0.368 e. The molecule has 0 amide bonds. The van der Waals surface area contributed by atoms with Gasteiger partial charge in [0.05, 0.1) is 27.3 Å². The fourth-order valence-corrected chi connectivity index (χ4v) is 4.72. The largest absolute Gasteiger partial charge is 0.368 e. The first-order valence-electron chi connectivity index (χ1n) is 10.1. The fraction of sp³-hybridized carbons (Fsp3) is 0.333. The molecule has 7 nitrogen and oxygen atoms in total. The Morgan fingerprint density at radius 2 is 2.10 bits per heavy atom. The third-order valence-electron chi connectivity index (χ3n) is 6.08. The van der Waals surface area contributed by atoms with Gasteiger partial charge in [-0.1, -0.05) is 11.6 Å². The van der Waals surface area contributed by atoms with Crippen molar-refractivity contribution in [2.24, 2.45) is 0 Å². The van der Waals surface area contributed by atoms with Crippen molar-refractivity contribution in [3.05, 3.63) is 47.1 Å². The van der Waals surface area contributed by atoms with E-state index in [1.54, 1.807) is 16.8 Å². The molecule has 2 aliphatic rings. The monoisotopic (exact) mass is 425 g/mol. The van der Waals surface area contributed by atoms with Crippen LogP contribution in [0.2, 0.25) is 5.02 Å². The maximum absolute atomic E-state index is 14.4. The Morgan fingerprint density at radius 1 is 1.23 bits per heavy atom. The Hall–Kier alpha value is -2.84. The molecule has 1 spiro atoms. The van der Waals surface area contributed by atoms with E-state index in [9.17, 15) is 4.39 Å². The number of halogens is 2. The second-order valence-corrected chi connectivity index (χ2v) is 8.77. The van der Waals surface area contributed by atoms with Crippen LogP contribution in [0.1, 0.15) is 18.5 Å². The van der Waals surface area contributed by atoms with Gasteiger partial charge in [-0.3, -0.25) is 5.10 Å². The highest BCUT2D eigenvalue weighted by molar-refractivity contribution is 6.36. The van der Waals surface area contributed by atoms with E-state index in [0.717, 1.165) is 41.9 Å². The van der Waals surface area contributed by atoms with E-state index in [1.165, 1.54) is 18.9 Å². The maximum atomic E-state index is 14.4. The molecular formula is C21H21ClFN7. The Balaban J connectivity index is 1.34. The molecule has 1 aromatic carbocycles. The summed E-state index contributed by atoms with van der Waals surface area (Å²) < 4.78 is 16.1. The van der Waals surface area contributed by atoms with Crippen LogP contribution >= 0.6 is 11.6 Å². The number of nitrogens with one attached hydrogen (secondary N) is 3. The summed E-state index contributed by atoms with van der Waals surface area (Å²) in [7, 11) is 0. The van der Waals surface area contributed by atoms with E-state index in [2.05, 4.69) is 36.8 Å². The third kappa shape index (κ3) is 2.90. The number of H-pyrrole nitrogens is 1. The summed E-state index contributed by atoms with van der Waals surface area (Å²) in [6.07, 6.45) is 6.03. The van der Waals surface area contributed by atoms with Gasteiger partial charge in [-0.15, -0.1) is 0 Å². The molecule has 1 aliphatic heterocycles. The SMILES string of the molecule is Cc1cn2cc(Nc3n[nH]c4cc(N5CCNC6(CC6)C5)cc(Cl)c34)cc(F)c2n1. The number of hydrogen-bond acceptors (Lipinski definition) is 5. The van der Waals surface area contributed by atoms with Gasteiger partial charge in [0.1, 0.15) is 0 Å². The molecule has 3 N–H and O–H groups in total. The fourth-order valence-electron chi connectivity index (χ4n) is 4.41. The highest BCUT2D eigenvalue weighted by Gasteiger charge is 2.45. The van der Waals surface area contributed by atoms with Crippen molar-refractivity contribution < 1.29 is 4.39 Å². The number of aromatic amines is 1. The van der Waals surface area contributed by atoms with Crippen LogP contribution in [0.15, 0.2) is 30.6 Å². The number of imidazole rings is 1. The van der Waals surface area contributed by atoms with Crippen molar-refractivity contribution in [3.8, 4) is 0 Å². The normalized spacial score (nSPS) is 17.9. The number of nitrogens with zero attached hydrogens (tertiary/aromatic N) is 4. The van der Waals surface area contributed by atoms with Crippen LogP contribution < -0.4 is 15.5 Å². The lowest BCUT2D eigenvalue weighted by atomic mass is 10.1. The molecule has 154 valence electrons. The van der Waals surface area contributed by atoms with Gasteiger partial charge < -0.3 is 19.9 Å². The summed E-state index contributed by atoms with van der Waals surface area (Å²) in [5, 5.41) is 15.7. The van der Waals surface area contributed by atoms with Crippen LogP contribution in [0.4, 0.5) is 21.6 Å². The molecular weight excluding hydrogens is 405 g/mol. The van der Waals surface area contributed by atoms with E-state index in [4.69, 9.17) is 11.6 Å². The molecule has 1 saturated heterocycles. The van der Waals surface area contributed by atoms with E-state index >= 15 is 0 Å².